The lowest BCUT2D eigenvalue weighted by atomic mass is 9.96. The Balaban J connectivity index is 1.66. The molecule has 1 saturated heterocycles. The van der Waals surface area contributed by atoms with E-state index in [-0.39, 0.29) is 11.8 Å². The summed E-state index contributed by atoms with van der Waals surface area (Å²) < 4.78 is 0. The average Bonchev–Trinajstić information content (AvgIpc) is 3.03. The number of anilines is 1. The van der Waals surface area contributed by atoms with Gasteiger partial charge in [0.15, 0.2) is 0 Å². The van der Waals surface area contributed by atoms with Crippen molar-refractivity contribution >= 4 is 17.5 Å². The normalized spacial score (nSPS) is 23.7. The van der Waals surface area contributed by atoms with Gasteiger partial charge in [0.1, 0.15) is 6.04 Å². The van der Waals surface area contributed by atoms with Crippen LogP contribution in [0.2, 0.25) is 0 Å². The summed E-state index contributed by atoms with van der Waals surface area (Å²) in [6.07, 6.45) is 4.20. The van der Waals surface area contributed by atoms with Gasteiger partial charge in [0, 0.05) is 31.2 Å². The molecule has 2 aliphatic heterocycles. The van der Waals surface area contributed by atoms with Gasteiger partial charge < -0.3 is 15.5 Å². The van der Waals surface area contributed by atoms with Crippen molar-refractivity contribution < 1.29 is 9.59 Å². The van der Waals surface area contributed by atoms with Crippen LogP contribution in [0.1, 0.15) is 38.2 Å². The van der Waals surface area contributed by atoms with Crippen LogP contribution < -0.4 is 10.6 Å². The number of rotatable bonds is 4. The number of likely N-dealkylation sites (tertiary alicyclic amines) is 1. The van der Waals surface area contributed by atoms with E-state index in [1.54, 1.807) is 4.90 Å². The molecule has 2 heterocycles. The smallest absolute Gasteiger partial charge is 0.240 e. The van der Waals surface area contributed by atoms with E-state index < -0.39 is 6.04 Å². The van der Waals surface area contributed by atoms with Crippen LogP contribution >= 0.6 is 0 Å². The predicted molar refractivity (Wildman–Crippen MR) is 90.1 cm³/mol. The highest BCUT2D eigenvalue weighted by Gasteiger charge is 2.33. The van der Waals surface area contributed by atoms with Gasteiger partial charge in [0.25, 0.3) is 0 Å². The van der Waals surface area contributed by atoms with E-state index in [9.17, 15) is 9.59 Å². The van der Waals surface area contributed by atoms with Gasteiger partial charge in [-0.1, -0.05) is 18.2 Å². The molecule has 1 aromatic rings. The first kappa shape index (κ1) is 15.8. The van der Waals surface area contributed by atoms with Crippen molar-refractivity contribution in [2.24, 2.45) is 5.73 Å². The van der Waals surface area contributed by atoms with Crippen LogP contribution in [0.15, 0.2) is 24.3 Å². The van der Waals surface area contributed by atoms with Crippen molar-refractivity contribution in [3.8, 4) is 0 Å². The summed E-state index contributed by atoms with van der Waals surface area (Å²) in [6.45, 7) is 3.56. The zero-order chi connectivity index (χ0) is 16.4. The monoisotopic (exact) mass is 315 g/mol. The SMILES string of the molecule is C[C@@H]1CCc2ccccc2N1CCC(=O)N1CCC[C@H]1C(N)=O. The minimum absolute atomic E-state index is 0.0431. The van der Waals surface area contributed by atoms with E-state index in [4.69, 9.17) is 5.73 Å². The summed E-state index contributed by atoms with van der Waals surface area (Å²) in [5.74, 6) is -0.339. The van der Waals surface area contributed by atoms with Gasteiger partial charge in [-0.25, -0.2) is 0 Å². The highest BCUT2D eigenvalue weighted by molar-refractivity contribution is 5.87. The van der Waals surface area contributed by atoms with E-state index >= 15 is 0 Å². The van der Waals surface area contributed by atoms with Crippen LogP contribution in [0.3, 0.4) is 0 Å². The van der Waals surface area contributed by atoms with Gasteiger partial charge in [-0.15, -0.1) is 0 Å². The number of nitrogens with zero attached hydrogens (tertiary/aromatic N) is 2. The van der Waals surface area contributed by atoms with Gasteiger partial charge in [0.05, 0.1) is 0 Å². The zero-order valence-electron chi connectivity index (χ0n) is 13.7. The van der Waals surface area contributed by atoms with Crippen molar-refractivity contribution in [1.29, 1.82) is 0 Å². The van der Waals surface area contributed by atoms with Gasteiger partial charge in [-0.2, -0.15) is 0 Å². The van der Waals surface area contributed by atoms with Gasteiger partial charge in [-0.05, 0) is 44.2 Å². The first-order valence-corrected chi connectivity index (χ1v) is 8.51. The molecule has 5 heteroatoms. The maximum Gasteiger partial charge on any atom is 0.240 e. The molecule has 2 aliphatic rings. The molecule has 1 aromatic carbocycles. The van der Waals surface area contributed by atoms with Crippen LogP contribution in [-0.4, -0.2) is 41.9 Å². The number of carbonyl (C=O) groups excluding carboxylic acids is 2. The fourth-order valence-electron chi connectivity index (χ4n) is 3.82. The Morgan fingerprint density at radius 3 is 2.83 bits per heavy atom. The fraction of sp³-hybridized carbons (Fsp3) is 0.556. The van der Waals surface area contributed by atoms with E-state index in [1.165, 1.54) is 11.3 Å². The van der Waals surface area contributed by atoms with Gasteiger partial charge >= 0.3 is 0 Å². The van der Waals surface area contributed by atoms with Crippen LogP contribution in [0, 0.1) is 0 Å². The number of carbonyl (C=O) groups is 2. The molecule has 23 heavy (non-hydrogen) atoms. The highest BCUT2D eigenvalue weighted by Crippen LogP contribution is 2.30. The Morgan fingerprint density at radius 2 is 2.04 bits per heavy atom. The summed E-state index contributed by atoms with van der Waals surface area (Å²) in [7, 11) is 0. The molecular weight excluding hydrogens is 290 g/mol. The molecular formula is C18H25N3O2. The van der Waals surface area contributed by atoms with Gasteiger partial charge in [-0.3, -0.25) is 9.59 Å². The Bertz CT molecular complexity index is 602. The molecule has 0 spiro atoms. The molecule has 0 aliphatic carbocycles. The second-order valence-electron chi connectivity index (χ2n) is 6.61. The number of aryl methyl sites for hydroxylation is 1. The molecule has 2 atom stereocenters. The molecule has 3 rings (SSSR count). The standard InChI is InChI=1S/C18H25N3O2/c1-13-8-9-14-5-2-3-6-15(14)20(13)12-10-17(22)21-11-4-7-16(21)18(19)23/h2-3,5-6,13,16H,4,7-12H2,1H3,(H2,19,23)/t13-,16+/m1/s1. The minimum atomic E-state index is -0.409. The Morgan fingerprint density at radius 1 is 1.26 bits per heavy atom. The molecule has 2 amide bonds. The maximum absolute atomic E-state index is 12.5. The number of hydrogen-bond acceptors (Lipinski definition) is 3. The van der Waals surface area contributed by atoms with Crippen molar-refractivity contribution in [1.82, 2.24) is 4.90 Å². The first-order chi connectivity index (χ1) is 11.1. The number of amides is 2. The molecule has 5 nitrogen and oxygen atoms in total. The van der Waals surface area contributed by atoms with Crippen molar-refractivity contribution in [3.63, 3.8) is 0 Å². The first-order valence-electron chi connectivity index (χ1n) is 8.51. The summed E-state index contributed by atoms with van der Waals surface area (Å²) in [6, 6.07) is 8.45. The lowest BCUT2D eigenvalue weighted by Crippen LogP contribution is -2.45. The lowest BCUT2D eigenvalue weighted by molar-refractivity contribution is -0.137. The number of hydrogen-bond donors (Lipinski definition) is 1. The number of nitrogens with two attached hydrogens (primary N) is 1. The fourth-order valence-corrected chi connectivity index (χ4v) is 3.82. The molecule has 0 saturated carbocycles. The third kappa shape index (κ3) is 3.19. The van der Waals surface area contributed by atoms with Crippen LogP contribution in [0.5, 0.6) is 0 Å². The largest absolute Gasteiger partial charge is 0.368 e. The molecule has 0 radical (unpaired) electrons. The Hall–Kier alpha value is -2.04. The number of benzene rings is 1. The lowest BCUT2D eigenvalue weighted by Gasteiger charge is -2.37. The van der Waals surface area contributed by atoms with Crippen molar-refractivity contribution in [3.05, 3.63) is 29.8 Å². The van der Waals surface area contributed by atoms with Crippen molar-refractivity contribution in [2.45, 2.75) is 51.1 Å². The quantitative estimate of drug-likeness (QED) is 0.919. The Kier molecular flexibility index (Phi) is 4.55. The third-order valence-corrected chi connectivity index (χ3v) is 5.13. The van der Waals surface area contributed by atoms with Crippen LogP contribution in [0.4, 0.5) is 5.69 Å². The van der Waals surface area contributed by atoms with Crippen LogP contribution in [0.25, 0.3) is 0 Å². The minimum Gasteiger partial charge on any atom is -0.368 e. The van der Waals surface area contributed by atoms with E-state index in [0.29, 0.717) is 32.0 Å². The molecule has 124 valence electrons. The summed E-state index contributed by atoms with van der Waals surface area (Å²) in [5, 5.41) is 0. The van der Waals surface area contributed by atoms with E-state index in [1.807, 2.05) is 0 Å². The van der Waals surface area contributed by atoms with Gasteiger partial charge in [0.2, 0.25) is 11.8 Å². The predicted octanol–water partition coefficient (Wildman–Crippen LogP) is 1.69. The summed E-state index contributed by atoms with van der Waals surface area (Å²) >= 11 is 0. The Labute approximate surface area is 137 Å². The zero-order valence-corrected chi connectivity index (χ0v) is 13.7. The number of para-hydroxylation sites is 1. The molecule has 2 N–H and O–H groups in total. The molecule has 0 unspecified atom stereocenters. The molecule has 1 fully saturated rings. The van der Waals surface area contributed by atoms with Crippen LogP contribution in [-0.2, 0) is 16.0 Å². The topological polar surface area (TPSA) is 66.6 Å². The summed E-state index contributed by atoms with van der Waals surface area (Å²) in [5.41, 5.74) is 8.01. The van der Waals surface area contributed by atoms with E-state index in [0.717, 1.165) is 19.3 Å². The molecule has 0 aromatic heterocycles. The highest BCUT2D eigenvalue weighted by atomic mass is 16.2. The van der Waals surface area contributed by atoms with Crippen molar-refractivity contribution in [2.75, 3.05) is 18.0 Å². The second-order valence-corrected chi connectivity index (χ2v) is 6.61. The third-order valence-electron chi connectivity index (χ3n) is 5.13. The summed E-state index contributed by atoms with van der Waals surface area (Å²) in [4.78, 5) is 28.0. The second kappa shape index (κ2) is 6.60. The van der Waals surface area contributed by atoms with E-state index in [2.05, 4.69) is 36.1 Å². The number of primary amides is 1. The maximum atomic E-state index is 12.5. The average molecular weight is 315 g/mol. The number of fused-ring (bicyclic) bond motifs is 1. The molecule has 0 bridgehead atoms.